The van der Waals surface area contributed by atoms with E-state index in [1.807, 2.05) is 0 Å². The molecule has 1 rings (SSSR count). The predicted molar refractivity (Wildman–Crippen MR) is 54.1 cm³/mol. The summed E-state index contributed by atoms with van der Waals surface area (Å²) in [6, 6.07) is 5.02. The van der Waals surface area contributed by atoms with Gasteiger partial charge in [0, 0.05) is 13.2 Å². The topological polar surface area (TPSA) is 90.0 Å². The number of nitrogens with two attached hydrogens (primary N) is 1. The third kappa shape index (κ3) is 3.43. The van der Waals surface area contributed by atoms with Gasteiger partial charge in [-0.05, 0) is 6.07 Å². The van der Waals surface area contributed by atoms with Crippen LogP contribution in [0.5, 0.6) is 5.88 Å². The van der Waals surface area contributed by atoms with Crippen LogP contribution in [0.15, 0.2) is 23.4 Å². The summed E-state index contributed by atoms with van der Waals surface area (Å²) in [4.78, 5) is 4.02. The number of hydrogen-bond donors (Lipinski definition) is 2. The number of pyridine rings is 1. The molecule has 0 saturated heterocycles. The second kappa shape index (κ2) is 5.82. The molecule has 0 aliphatic rings. The quantitative estimate of drug-likeness (QED) is 0.239. The van der Waals surface area contributed by atoms with Gasteiger partial charge >= 0.3 is 0 Å². The first kappa shape index (κ1) is 11.3. The molecule has 0 aromatic carbocycles. The molecule has 6 heteroatoms. The molecule has 0 fully saturated rings. The summed E-state index contributed by atoms with van der Waals surface area (Å²) < 4.78 is 10.1. The van der Waals surface area contributed by atoms with Crippen molar-refractivity contribution in [2.45, 2.75) is 0 Å². The molecule has 0 radical (unpaired) electrons. The zero-order valence-electron chi connectivity index (χ0n) is 8.38. The van der Waals surface area contributed by atoms with Crippen LogP contribution in [0.1, 0.15) is 5.69 Å². The second-order valence-electron chi connectivity index (χ2n) is 2.69. The third-order valence-electron chi connectivity index (χ3n) is 1.63. The largest absolute Gasteiger partial charge is 0.475 e. The van der Waals surface area contributed by atoms with Crippen LogP contribution < -0.4 is 10.5 Å². The predicted octanol–water partition coefficient (Wildman–Crippen LogP) is 0.201. The number of oxime groups is 1. The average Bonchev–Trinajstić information content (AvgIpc) is 2.29. The molecular formula is C9H13N3O3. The fraction of sp³-hybridized carbons (Fsp3) is 0.333. The molecule has 15 heavy (non-hydrogen) atoms. The number of hydrogen-bond acceptors (Lipinski definition) is 5. The summed E-state index contributed by atoms with van der Waals surface area (Å²) in [5, 5.41) is 11.3. The van der Waals surface area contributed by atoms with Gasteiger partial charge < -0.3 is 20.4 Å². The van der Waals surface area contributed by atoms with E-state index in [9.17, 15) is 0 Å². The van der Waals surface area contributed by atoms with Gasteiger partial charge in [-0.15, -0.1) is 0 Å². The molecule has 1 aromatic rings. The van der Waals surface area contributed by atoms with Gasteiger partial charge in [-0.3, -0.25) is 0 Å². The number of aromatic nitrogens is 1. The fourth-order valence-electron chi connectivity index (χ4n) is 0.919. The number of ether oxygens (including phenoxy) is 2. The van der Waals surface area contributed by atoms with Gasteiger partial charge in [-0.2, -0.15) is 0 Å². The van der Waals surface area contributed by atoms with Crippen molar-refractivity contribution in [1.82, 2.24) is 4.98 Å². The lowest BCUT2D eigenvalue weighted by Gasteiger charge is -2.05. The maximum atomic E-state index is 8.46. The zero-order valence-corrected chi connectivity index (χ0v) is 8.38. The second-order valence-corrected chi connectivity index (χ2v) is 2.69. The van der Waals surface area contributed by atoms with Crippen LogP contribution in [0, 0.1) is 0 Å². The SMILES string of the molecule is COCCOc1cccc(C(N)=NO)n1. The molecule has 82 valence electrons. The van der Waals surface area contributed by atoms with Crippen molar-refractivity contribution in [2.75, 3.05) is 20.3 Å². The van der Waals surface area contributed by atoms with Crippen LogP contribution in [0.3, 0.4) is 0 Å². The Kier molecular flexibility index (Phi) is 4.36. The molecule has 0 atom stereocenters. The standard InChI is InChI=1S/C9H13N3O3/c1-14-5-6-15-8-4-2-3-7(11-8)9(10)12-13/h2-4,13H,5-6H2,1H3,(H2,10,12). The van der Waals surface area contributed by atoms with Gasteiger partial charge in [0.1, 0.15) is 12.3 Å². The van der Waals surface area contributed by atoms with Crippen LogP contribution in [0.25, 0.3) is 0 Å². The van der Waals surface area contributed by atoms with E-state index in [-0.39, 0.29) is 5.84 Å². The number of rotatable bonds is 5. The molecule has 0 unspecified atom stereocenters. The number of nitrogens with zero attached hydrogens (tertiary/aromatic N) is 2. The van der Waals surface area contributed by atoms with Gasteiger partial charge in [0.25, 0.3) is 0 Å². The molecule has 0 spiro atoms. The maximum absolute atomic E-state index is 8.46. The van der Waals surface area contributed by atoms with E-state index in [0.29, 0.717) is 24.8 Å². The molecule has 0 amide bonds. The highest BCUT2D eigenvalue weighted by Crippen LogP contribution is 2.07. The minimum atomic E-state index is -0.0489. The summed E-state index contributed by atoms with van der Waals surface area (Å²) in [5.74, 6) is 0.364. The van der Waals surface area contributed by atoms with Crippen LogP contribution in [0.4, 0.5) is 0 Å². The van der Waals surface area contributed by atoms with Crippen LogP contribution in [-0.2, 0) is 4.74 Å². The van der Waals surface area contributed by atoms with E-state index < -0.39 is 0 Å². The molecule has 1 heterocycles. The molecule has 1 aromatic heterocycles. The van der Waals surface area contributed by atoms with E-state index in [1.165, 1.54) is 0 Å². The van der Waals surface area contributed by atoms with E-state index in [4.69, 9.17) is 20.4 Å². The van der Waals surface area contributed by atoms with Crippen LogP contribution in [-0.4, -0.2) is 36.4 Å². The Balaban J connectivity index is 2.66. The van der Waals surface area contributed by atoms with E-state index in [1.54, 1.807) is 25.3 Å². The molecular weight excluding hydrogens is 198 g/mol. The van der Waals surface area contributed by atoms with Crippen molar-refractivity contribution in [3.05, 3.63) is 23.9 Å². The molecule has 3 N–H and O–H groups in total. The molecule has 6 nitrogen and oxygen atoms in total. The summed E-state index contributed by atoms with van der Waals surface area (Å²) in [7, 11) is 1.59. The fourth-order valence-corrected chi connectivity index (χ4v) is 0.919. The Morgan fingerprint density at radius 3 is 3.00 bits per heavy atom. The van der Waals surface area contributed by atoms with E-state index in [2.05, 4.69) is 10.1 Å². The normalized spacial score (nSPS) is 11.4. The van der Waals surface area contributed by atoms with Crippen molar-refractivity contribution < 1.29 is 14.7 Å². The maximum Gasteiger partial charge on any atom is 0.213 e. The Morgan fingerprint density at radius 2 is 2.33 bits per heavy atom. The third-order valence-corrected chi connectivity index (χ3v) is 1.63. The summed E-state index contributed by atoms with van der Waals surface area (Å²) >= 11 is 0. The van der Waals surface area contributed by atoms with Gasteiger partial charge in [-0.1, -0.05) is 11.2 Å². The molecule has 0 aliphatic heterocycles. The van der Waals surface area contributed by atoms with E-state index >= 15 is 0 Å². The van der Waals surface area contributed by atoms with Gasteiger partial charge in [-0.25, -0.2) is 4.98 Å². The van der Waals surface area contributed by atoms with Gasteiger partial charge in [0.2, 0.25) is 5.88 Å². The van der Waals surface area contributed by atoms with Crippen molar-refractivity contribution in [3.8, 4) is 5.88 Å². The number of amidine groups is 1. The minimum absolute atomic E-state index is 0.0489. The highest BCUT2D eigenvalue weighted by Gasteiger charge is 2.02. The highest BCUT2D eigenvalue weighted by molar-refractivity contribution is 5.95. The smallest absolute Gasteiger partial charge is 0.213 e. The van der Waals surface area contributed by atoms with Crippen molar-refractivity contribution >= 4 is 5.84 Å². The van der Waals surface area contributed by atoms with Gasteiger partial charge in [0.05, 0.1) is 6.61 Å². The Morgan fingerprint density at radius 1 is 1.53 bits per heavy atom. The molecule has 0 saturated carbocycles. The van der Waals surface area contributed by atoms with Crippen LogP contribution in [0.2, 0.25) is 0 Å². The zero-order chi connectivity index (χ0) is 11.1. The van der Waals surface area contributed by atoms with Crippen molar-refractivity contribution in [1.29, 1.82) is 0 Å². The first-order valence-corrected chi connectivity index (χ1v) is 4.34. The summed E-state index contributed by atoms with van der Waals surface area (Å²) in [5.41, 5.74) is 5.74. The number of methoxy groups -OCH3 is 1. The summed E-state index contributed by atoms with van der Waals surface area (Å²) in [6.45, 7) is 0.888. The lowest BCUT2D eigenvalue weighted by Crippen LogP contribution is -2.15. The Labute approximate surface area is 87.3 Å². The molecule has 0 aliphatic carbocycles. The highest BCUT2D eigenvalue weighted by atomic mass is 16.5. The lowest BCUT2D eigenvalue weighted by molar-refractivity contribution is 0.143. The average molecular weight is 211 g/mol. The van der Waals surface area contributed by atoms with Crippen molar-refractivity contribution in [2.24, 2.45) is 10.9 Å². The Hall–Kier alpha value is -1.82. The minimum Gasteiger partial charge on any atom is -0.475 e. The summed E-state index contributed by atoms with van der Waals surface area (Å²) in [6.07, 6.45) is 0. The first-order chi connectivity index (χ1) is 7.27. The van der Waals surface area contributed by atoms with Crippen LogP contribution >= 0.6 is 0 Å². The van der Waals surface area contributed by atoms with Crippen molar-refractivity contribution in [3.63, 3.8) is 0 Å². The Bertz CT molecular complexity index is 341. The first-order valence-electron chi connectivity index (χ1n) is 4.34. The van der Waals surface area contributed by atoms with E-state index in [0.717, 1.165) is 0 Å². The monoisotopic (exact) mass is 211 g/mol. The molecule has 0 bridgehead atoms. The van der Waals surface area contributed by atoms with Gasteiger partial charge in [0.15, 0.2) is 5.84 Å². The lowest BCUT2D eigenvalue weighted by atomic mass is 10.3.